The van der Waals surface area contributed by atoms with E-state index < -0.39 is 0 Å². The van der Waals surface area contributed by atoms with Gasteiger partial charge in [0.15, 0.2) is 0 Å². The summed E-state index contributed by atoms with van der Waals surface area (Å²) in [7, 11) is -1.48. The van der Waals surface area contributed by atoms with E-state index in [0.717, 1.165) is 0 Å². The van der Waals surface area contributed by atoms with Gasteiger partial charge < -0.3 is 0 Å². The zero-order chi connectivity index (χ0) is 19.9. The molecular formula is C25H50Si5. The Morgan fingerprint density at radius 1 is 0.233 bits per heavy atom. The highest BCUT2D eigenvalue weighted by molar-refractivity contribution is 7.96. The van der Waals surface area contributed by atoms with Gasteiger partial charge in [0.25, 0.3) is 0 Å². The molecule has 0 bridgehead atoms. The maximum Gasteiger partial charge on any atom is 0.0187 e. The van der Waals surface area contributed by atoms with E-state index in [9.17, 15) is 0 Å². The van der Waals surface area contributed by atoms with Gasteiger partial charge in [-0.3, -0.25) is 0 Å². The van der Waals surface area contributed by atoms with Crippen LogP contribution in [0, 0.1) is 0 Å². The Morgan fingerprint density at radius 3 is 0.500 bits per heavy atom. The Labute approximate surface area is 194 Å². The van der Waals surface area contributed by atoms with Gasteiger partial charge in [-0.15, -0.1) is 0 Å². The van der Waals surface area contributed by atoms with E-state index in [-0.39, 0.29) is 39.2 Å². The standard InChI is InChI=1S/C25H50Si5/c1-2-12-21(11-1)26-27(22-13-3-4-14-22)29(24-17-7-8-18-24)30(25-19-9-10-20-25)28(26)23-15-5-6-16-23/h21-30H,1-20H2. The summed E-state index contributed by atoms with van der Waals surface area (Å²) in [5, 5.41) is 0. The smallest absolute Gasteiger partial charge is 0.0187 e. The lowest BCUT2D eigenvalue weighted by molar-refractivity contribution is 0.839. The molecule has 5 aliphatic carbocycles. The first kappa shape index (κ1) is 21.6. The Bertz CT molecular complexity index is 428. The molecule has 1 aliphatic heterocycles. The average Bonchev–Trinajstić information content (AvgIpc) is 3.61. The molecule has 1 heterocycles. The van der Waals surface area contributed by atoms with Crippen molar-refractivity contribution in [1.82, 2.24) is 0 Å². The molecule has 0 amide bonds. The van der Waals surface area contributed by atoms with Crippen molar-refractivity contribution in [2.45, 2.75) is 156 Å². The molecule has 0 N–H and O–H groups in total. The zero-order valence-electron chi connectivity index (χ0n) is 19.9. The van der Waals surface area contributed by atoms with E-state index >= 15 is 0 Å². The van der Waals surface area contributed by atoms with Crippen LogP contribution in [0.5, 0.6) is 0 Å². The minimum absolute atomic E-state index is 0.297. The Kier molecular flexibility index (Phi) is 7.02. The van der Waals surface area contributed by atoms with Crippen LogP contribution in [0.4, 0.5) is 0 Å². The Balaban J connectivity index is 1.42. The Hall–Kier alpha value is 1.08. The molecule has 0 aromatic rings. The maximum absolute atomic E-state index is 1.79. The van der Waals surface area contributed by atoms with E-state index in [1.807, 2.05) is 0 Å². The van der Waals surface area contributed by atoms with E-state index in [0.29, 0.717) is 0 Å². The molecule has 0 radical (unpaired) electrons. The molecule has 6 fully saturated rings. The van der Waals surface area contributed by atoms with Gasteiger partial charge in [0.1, 0.15) is 0 Å². The van der Waals surface area contributed by atoms with Crippen molar-refractivity contribution in [1.29, 1.82) is 0 Å². The third kappa shape index (κ3) is 3.96. The molecular weight excluding hydrogens is 441 g/mol. The van der Waals surface area contributed by atoms with Crippen molar-refractivity contribution in [3.05, 3.63) is 0 Å². The van der Waals surface area contributed by atoms with Crippen LogP contribution in [0.25, 0.3) is 0 Å². The molecule has 5 heteroatoms. The quantitative estimate of drug-likeness (QED) is 0.400. The summed E-state index contributed by atoms with van der Waals surface area (Å²) in [6.45, 7) is 0. The summed E-state index contributed by atoms with van der Waals surface area (Å²) < 4.78 is 0. The van der Waals surface area contributed by atoms with Gasteiger partial charge in [-0.25, -0.2) is 0 Å². The minimum Gasteiger partial charge on any atom is -0.0536 e. The van der Waals surface area contributed by atoms with Crippen molar-refractivity contribution < 1.29 is 0 Å². The minimum atomic E-state index is -0.297. The first-order chi connectivity index (χ1) is 14.9. The number of hydrogen-bond donors (Lipinski definition) is 0. The van der Waals surface area contributed by atoms with Crippen LogP contribution < -0.4 is 0 Å². The molecule has 0 aromatic carbocycles. The van der Waals surface area contributed by atoms with Crippen LogP contribution in [0.2, 0.25) is 27.7 Å². The topological polar surface area (TPSA) is 0 Å². The summed E-state index contributed by atoms with van der Waals surface area (Å²) in [5.41, 5.74) is 7.34. The summed E-state index contributed by atoms with van der Waals surface area (Å²) in [6.07, 6.45) is 34.7. The fourth-order valence-corrected chi connectivity index (χ4v) is 220. The van der Waals surface area contributed by atoms with Gasteiger partial charge in [0, 0.05) is 39.2 Å². The lowest BCUT2D eigenvalue weighted by Crippen LogP contribution is -2.52. The summed E-state index contributed by atoms with van der Waals surface area (Å²) >= 11 is 0. The third-order valence-electron chi connectivity index (χ3n) is 11.9. The fraction of sp³-hybridized carbons (Fsp3) is 1.00. The van der Waals surface area contributed by atoms with E-state index in [1.165, 1.54) is 27.7 Å². The highest BCUT2D eigenvalue weighted by Crippen LogP contribution is 2.55. The van der Waals surface area contributed by atoms with Crippen molar-refractivity contribution in [2.24, 2.45) is 0 Å². The van der Waals surface area contributed by atoms with Crippen molar-refractivity contribution in [2.75, 3.05) is 0 Å². The van der Waals surface area contributed by atoms with Crippen LogP contribution in [-0.4, -0.2) is 39.2 Å². The molecule has 30 heavy (non-hydrogen) atoms. The first-order valence-electron chi connectivity index (χ1n) is 14.9. The molecule has 0 nitrogen and oxygen atoms in total. The SMILES string of the molecule is C1CCC([SiH]2[SiH](C3CCCC3)[SiH](C3CCCC3)[SiH](C3CCCC3)[SiH]2C2CCCC2)C1. The number of rotatable bonds is 5. The lowest BCUT2D eigenvalue weighted by atomic mass is 10.4. The molecule has 0 spiro atoms. The van der Waals surface area contributed by atoms with E-state index in [2.05, 4.69) is 0 Å². The van der Waals surface area contributed by atoms with Gasteiger partial charge in [-0.05, 0) is 0 Å². The van der Waals surface area contributed by atoms with Crippen LogP contribution in [0.15, 0.2) is 0 Å². The van der Waals surface area contributed by atoms with Gasteiger partial charge in [0.05, 0.1) is 0 Å². The second-order valence-corrected chi connectivity index (χ2v) is 58.2. The maximum atomic E-state index is 1.79. The van der Waals surface area contributed by atoms with Crippen molar-refractivity contribution in [3.8, 4) is 0 Å². The van der Waals surface area contributed by atoms with Crippen LogP contribution >= 0.6 is 0 Å². The van der Waals surface area contributed by atoms with Crippen LogP contribution in [0.1, 0.15) is 128 Å². The summed E-state index contributed by atoms with van der Waals surface area (Å²) in [6, 6.07) is 0. The second-order valence-electron chi connectivity index (χ2n) is 13.1. The van der Waals surface area contributed by atoms with E-state index in [4.69, 9.17) is 0 Å². The molecule has 0 aromatic heterocycles. The van der Waals surface area contributed by atoms with Crippen molar-refractivity contribution in [3.63, 3.8) is 0 Å². The molecule has 6 aliphatic rings. The number of hydrogen-bond acceptors (Lipinski definition) is 0. The molecule has 5 saturated carbocycles. The third-order valence-corrected chi connectivity index (χ3v) is 115. The van der Waals surface area contributed by atoms with Gasteiger partial charge >= 0.3 is 0 Å². The molecule has 0 unspecified atom stereocenters. The molecule has 0 atom stereocenters. The fourth-order valence-electron chi connectivity index (χ4n) is 11.1. The molecule has 1 saturated heterocycles. The predicted octanol–water partition coefficient (Wildman–Crippen LogP) is 6.25. The molecule has 170 valence electrons. The predicted molar refractivity (Wildman–Crippen MR) is 147 cm³/mol. The lowest BCUT2D eigenvalue weighted by Gasteiger charge is -2.36. The first-order valence-corrected chi connectivity index (χ1v) is 31.6. The van der Waals surface area contributed by atoms with Crippen LogP contribution in [0.3, 0.4) is 0 Å². The van der Waals surface area contributed by atoms with Gasteiger partial charge in [-0.2, -0.15) is 0 Å². The van der Waals surface area contributed by atoms with Crippen molar-refractivity contribution >= 4 is 39.2 Å². The monoisotopic (exact) mass is 490 g/mol. The average molecular weight is 491 g/mol. The normalized spacial score (nSPS) is 43.0. The molecule has 6 rings (SSSR count). The second kappa shape index (κ2) is 9.75. The highest BCUT2D eigenvalue weighted by atomic mass is 30.1. The highest BCUT2D eigenvalue weighted by Gasteiger charge is 2.63. The summed E-state index contributed by atoms with van der Waals surface area (Å²) in [4.78, 5) is 0. The van der Waals surface area contributed by atoms with Gasteiger partial charge in [-0.1, -0.05) is 156 Å². The zero-order valence-corrected chi connectivity index (χ0v) is 25.7. The Morgan fingerprint density at radius 2 is 0.367 bits per heavy atom. The van der Waals surface area contributed by atoms with Crippen LogP contribution in [-0.2, 0) is 0 Å². The summed E-state index contributed by atoms with van der Waals surface area (Å²) in [5.74, 6) is 0. The van der Waals surface area contributed by atoms with Gasteiger partial charge in [0.2, 0.25) is 0 Å². The van der Waals surface area contributed by atoms with E-state index in [1.54, 1.807) is 128 Å². The largest absolute Gasteiger partial charge is 0.0536 e.